The van der Waals surface area contributed by atoms with Crippen molar-refractivity contribution in [3.05, 3.63) is 70.9 Å². The molecular weight excluding hydrogens is 358 g/mol. The molecule has 0 saturated carbocycles. The molecule has 5 nitrogen and oxygen atoms in total. The third-order valence-corrected chi connectivity index (χ3v) is 5.45. The lowest BCUT2D eigenvalue weighted by atomic mass is 10.2. The summed E-state index contributed by atoms with van der Waals surface area (Å²) in [6.45, 7) is 4.03. The topological polar surface area (TPSA) is 56.1 Å². The van der Waals surface area contributed by atoms with Crippen LogP contribution in [0.5, 0.6) is 5.75 Å². The third-order valence-electron chi connectivity index (χ3n) is 4.48. The lowest BCUT2D eigenvalue weighted by Gasteiger charge is -2.12. The van der Waals surface area contributed by atoms with E-state index in [9.17, 15) is 4.79 Å². The van der Waals surface area contributed by atoms with Crippen molar-refractivity contribution >= 4 is 23.5 Å². The highest BCUT2D eigenvalue weighted by Gasteiger charge is 2.24. The molecule has 1 aromatic heterocycles. The summed E-state index contributed by atoms with van der Waals surface area (Å²) in [6.07, 6.45) is 0. The molecular formula is C21H21N3O2S. The van der Waals surface area contributed by atoms with Gasteiger partial charge in [-0.2, -0.15) is 16.9 Å². The minimum absolute atomic E-state index is 0.0376. The van der Waals surface area contributed by atoms with Crippen LogP contribution in [0.4, 0.5) is 5.82 Å². The maximum absolute atomic E-state index is 12.5. The first-order valence-electron chi connectivity index (χ1n) is 8.85. The monoisotopic (exact) mass is 379 g/mol. The van der Waals surface area contributed by atoms with E-state index in [-0.39, 0.29) is 12.5 Å². The van der Waals surface area contributed by atoms with Gasteiger partial charge in [0.15, 0.2) is 6.61 Å². The first-order valence-corrected chi connectivity index (χ1v) is 10.0. The Morgan fingerprint density at radius 2 is 1.74 bits per heavy atom. The van der Waals surface area contributed by atoms with Crippen LogP contribution in [0.25, 0.3) is 5.69 Å². The molecule has 1 aliphatic heterocycles. The number of benzene rings is 2. The van der Waals surface area contributed by atoms with E-state index in [2.05, 4.69) is 12.2 Å². The van der Waals surface area contributed by atoms with Crippen LogP contribution in [0, 0.1) is 13.8 Å². The molecule has 0 aliphatic carbocycles. The molecule has 0 saturated heterocycles. The molecule has 0 bridgehead atoms. The van der Waals surface area contributed by atoms with Gasteiger partial charge in [-0.05, 0) is 38.1 Å². The van der Waals surface area contributed by atoms with Gasteiger partial charge in [0.1, 0.15) is 11.6 Å². The number of hydrogen-bond acceptors (Lipinski definition) is 4. The smallest absolute Gasteiger partial charge is 0.263 e. The third kappa shape index (κ3) is 3.85. The highest BCUT2D eigenvalue weighted by atomic mass is 32.2. The molecule has 0 atom stereocenters. The molecule has 0 radical (unpaired) electrons. The quantitative estimate of drug-likeness (QED) is 0.720. The molecule has 27 heavy (non-hydrogen) atoms. The molecule has 6 heteroatoms. The highest BCUT2D eigenvalue weighted by Crippen LogP contribution is 2.36. The van der Waals surface area contributed by atoms with E-state index >= 15 is 0 Å². The van der Waals surface area contributed by atoms with Gasteiger partial charge in [0.2, 0.25) is 0 Å². The second-order valence-corrected chi connectivity index (χ2v) is 7.65. The van der Waals surface area contributed by atoms with E-state index in [0.717, 1.165) is 39.8 Å². The van der Waals surface area contributed by atoms with Gasteiger partial charge in [0.05, 0.1) is 11.4 Å². The van der Waals surface area contributed by atoms with Crippen LogP contribution in [0.1, 0.15) is 22.4 Å². The zero-order chi connectivity index (χ0) is 18.8. The normalized spacial score (nSPS) is 12.7. The first kappa shape index (κ1) is 17.7. The van der Waals surface area contributed by atoms with Crippen LogP contribution in [-0.4, -0.2) is 22.3 Å². The second-order valence-electron chi connectivity index (χ2n) is 6.66. The van der Waals surface area contributed by atoms with Gasteiger partial charge in [-0.3, -0.25) is 4.79 Å². The van der Waals surface area contributed by atoms with Crippen molar-refractivity contribution in [3.8, 4) is 11.4 Å². The van der Waals surface area contributed by atoms with E-state index in [4.69, 9.17) is 9.84 Å². The van der Waals surface area contributed by atoms with Crippen molar-refractivity contribution in [3.63, 3.8) is 0 Å². The fraction of sp³-hybridized carbons (Fsp3) is 0.238. The number of carbonyl (C=O) groups excluding carboxylic acids is 1. The van der Waals surface area contributed by atoms with Gasteiger partial charge in [0.25, 0.3) is 5.91 Å². The predicted molar refractivity (Wildman–Crippen MR) is 109 cm³/mol. The molecule has 4 rings (SSSR count). The summed E-state index contributed by atoms with van der Waals surface area (Å²) in [7, 11) is 0. The van der Waals surface area contributed by atoms with E-state index in [0.29, 0.717) is 5.75 Å². The largest absolute Gasteiger partial charge is 0.484 e. The van der Waals surface area contributed by atoms with Gasteiger partial charge in [-0.15, -0.1) is 0 Å². The number of hydrogen-bond donors (Lipinski definition) is 1. The Labute approximate surface area is 162 Å². The van der Waals surface area contributed by atoms with Gasteiger partial charge in [0, 0.05) is 17.1 Å². The van der Waals surface area contributed by atoms with Crippen LogP contribution in [-0.2, 0) is 16.3 Å². The second kappa shape index (κ2) is 7.48. The van der Waals surface area contributed by atoms with Crippen molar-refractivity contribution in [2.75, 3.05) is 11.9 Å². The van der Waals surface area contributed by atoms with E-state index in [1.54, 1.807) is 0 Å². The van der Waals surface area contributed by atoms with E-state index in [1.165, 1.54) is 5.56 Å². The predicted octanol–water partition coefficient (Wildman–Crippen LogP) is 4.25. The SMILES string of the molecule is Cc1ccc(OCC(=O)Nc2c3c(nn2-c2ccc(C)cc2)CSC3)cc1. The zero-order valence-electron chi connectivity index (χ0n) is 15.4. The number of nitrogens with zero attached hydrogens (tertiary/aromatic N) is 2. The number of aromatic nitrogens is 2. The summed E-state index contributed by atoms with van der Waals surface area (Å²) in [6, 6.07) is 15.8. The average Bonchev–Trinajstić information content (AvgIpc) is 3.25. The summed E-state index contributed by atoms with van der Waals surface area (Å²) in [5, 5.41) is 7.72. The number of nitrogens with one attached hydrogen (secondary N) is 1. The zero-order valence-corrected chi connectivity index (χ0v) is 16.2. The minimum atomic E-state index is -0.191. The highest BCUT2D eigenvalue weighted by molar-refractivity contribution is 7.98. The van der Waals surface area contributed by atoms with E-state index < -0.39 is 0 Å². The maximum atomic E-state index is 12.5. The van der Waals surface area contributed by atoms with Crippen molar-refractivity contribution in [1.29, 1.82) is 0 Å². The molecule has 1 amide bonds. The molecule has 1 N–H and O–H groups in total. The van der Waals surface area contributed by atoms with Crippen molar-refractivity contribution in [1.82, 2.24) is 9.78 Å². The Kier molecular flexibility index (Phi) is 4.90. The number of amides is 1. The van der Waals surface area contributed by atoms with Crippen molar-refractivity contribution in [2.45, 2.75) is 25.4 Å². The lowest BCUT2D eigenvalue weighted by molar-refractivity contribution is -0.118. The van der Waals surface area contributed by atoms with Crippen molar-refractivity contribution in [2.24, 2.45) is 0 Å². The molecule has 2 aromatic carbocycles. The van der Waals surface area contributed by atoms with Crippen LogP contribution in [0.3, 0.4) is 0 Å². The Morgan fingerprint density at radius 1 is 1.07 bits per heavy atom. The molecule has 1 aliphatic rings. The van der Waals surface area contributed by atoms with Gasteiger partial charge in [-0.25, -0.2) is 4.68 Å². The lowest BCUT2D eigenvalue weighted by Crippen LogP contribution is -2.22. The number of ether oxygens (including phenoxy) is 1. The summed E-state index contributed by atoms with van der Waals surface area (Å²) in [4.78, 5) is 12.5. The van der Waals surface area contributed by atoms with Crippen LogP contribution in [0.15, 0.2) is 48.5 Å². The first-order chi connectivity index (χ1) is 13.1. The van der Waals surface area contributed by atoms with E-state index in [1.807, 2.05) is 71.9 Å². The number of fused-ring (bicyclic) bond motifs is 1. The van der Waals surface area contributed by atoms with Gasteiger partial charge < -0.3 is 10.1 Å². The Bertz CT molecular complexity index is 962. The Balaban J connectivity index is 1.53. The van der Waals surface area contributed by atoms with Crippen LogP contribution in [0.2, 0.25) is 0 Å². The number of carbonyl (C=O) groups is 1. The number of rotatable bonds is 5. The van der Waals surface area contributed by atoms with Gasteiger partial charge >= 0.3 is 0 Å². The summed E-state index contributed by atoms with van der Waals surface area (Å²) in [5.41, 5.74) is 5.42. The number of aryl methyl sites for hydroxylation is 2. The van der Waals surface area contributed by atoms with Crippen molar-refractivity contribution < 1.29 is 9.53 Å². The molecule has 2 heterocycles. The molecule has 0 unspecified atom stereocenters. The molecule has 138 valence electrons. The average molecular weight is 379 g/mol. The Hall–Kier alpha value is -2.73. The summed E-state index contributed by atoms with van der Waals surface area (Å²) in [5.74, 6) is 2.97. The number of thioether (sulfide) groups is 1. The molecule has 0 spiro atoms. The number of anilines is 1. The van der Waals surface area contributed by atoms with Gasteiger partial charge in [-0.1, -0.05) is 35.4 Å². The molecule has 3 aromatic rings. The van der Waals surface area contributed by atoms with Crippen LogP contribution >= 0.6 is 11.8 Å². The maximum Gasteiger partial charge on any atom is 0.263 e. The summed E-state index contributed by atoms with van der Waals surface area (Å²) < 4.78 is 7.43. The van der Waals surface area contributed by atoms with Crippen LogP contribution < -0.4 is 10.1 Å². The Morgan fingerprint density at radius 3 is 2.44 bits per heavy atom. The fourth-order valence-corrected chi connectivity index (χ4v) is 4.00. The summed E-state index contributed by atoms with van der Waals surface area (Å²) >= 11 is 1.81. The fourth-order valence-electron chi connectivity index (χ4n) is 2.97. The molecule has 0 fully saturated rings. The standard InChI is InChI=1S/C21H21N3O2S/c1-14-3-7-16(8-4-14)24-21(18-12-27-13-19(18)23-24)22-20(25)11-26-17-9-5-15(2)6-10-17/h3-10H,11-13H2,1-2H3,(H,22,25). The minimum Gasteiger partial charge on any atom is -0.484 e.